The molecular weight excluding hydrogens is 288 g/mol. The molecule has 1 aliphatic carbocycles. The highest BCUT2D eigenvalue weighted by Gasteiger charge is 2.26. The van der Waals surface area contributed by atoms with Crippen LogP contribution < -0.4 is 10.6 Å². The van der Waals surface area contributed by atoms with Crippen molar-refractivity contribution in [3.05, 3.63) is 18.2 Å². The second kappa shape index (κ2) is 6.00. The molecule has 0 aliphatic heterocycles. The Morgan fingerprint density at radius 2 is 1.95 bits per heavy atom. The smallest absolute Gasteiger partial charge is 0.319 e. The third kappa shape index (κ3) is 3.00. The van der Waals surface area contributed by atoms with Gasteiger partial charge in [-0.05, 0) is 48.1 Å². The SMILES string of the molecule is O=C(Nc1cccc2nonc12)NC1CCC(C(=O)O)CC1. The lowest BCUT2D eigenvalue weighted by Gasteiger charge is -2.26. The van der Waals surface area contributed by atoms with Crippen LogP contribution in [0.5, 0.6) is 0 Å². The quantitative estimate of drug-likeness (QED) is 0.798. The van der Waals surface area contributed by atoms with Crippen molar-refractivity contribution in [1.82, 2.24) is 15.6 Å². The van der Waals surface area contributed by atoms with E-state index in [4.69, 9.17) is 5.11 Å². The van der Waals surface area contributed by atoms with Crippen LogP contribution in [0.1, 0.15) is 25.7 Å². The van der Waals surface area contributed by atoms with Gasteiger partial charge in [0, 0.05) is 6.04 Å². The highest BCUT2D eigenvalue weighted by atomic mass is 16.6. The predicted molar refractivity (Wildman–Crippen MR) is 77.3 cm³/mol. The van der Waals surface area contributed by atoms with Gasteiger partial charge in [-0.2, -0.15) is 0 Å². The summed E-state index contributed by atoms with van der Waals surface area (Å²) < 4.78 is 4.64. The van der Waals surface area contributed by atoms with Gasteiger partial charge in [0.05, 0.1) is 11.6 Å². The predicted octanol–water partition coefficient (Wildman–Crippen LogP) is 1.99. The van der Waals surface area contributed by atoms with Crippen molar-refractivity contribution in [2.45, 2.75) is 31.7 Å². The van der Waals surface area contributed by atoms with Crippen LogP contribution >= 0.6 is 0 Å². The number of urea groups is 1. The number of amides is 2. The van der Waals surface area contributed by atoms with E-state index in [-0.39, 0.29) is 18.0 Å². The summed E-state index contributed by atoms with van der Waals surface area (Å²) in [5, 5.41) is 22.0. The van der Waals surface area contributed by atoms with Crippen molar-refractivity contribution in [3.63, 3.8) is 0 Å². The normalized spacial score (nSPS) is 21.5. The fourth-order valence-electron chi connectivity index (χ4n) is 2.74. The largest absolute Gasteiger partial charge is 0.481 e. The van der Waals surface area contributed by atoms with Gasteiger partial charge in [0.15, 0.2) is 5.52 Å². The summed E-state index contributed by atoms with van der Waals surface area (Å²) in [6.07, 6.45) is 2.51. The Morgan fingerprint density at radius 3 is 2.68 bits per heavy atom. The highest BCUT2D eigenvalue weighted by Crippen LogP contribution is 2.25. The van der Waals surface area contributed by atoms with Crippen molar-refractivity contribution in [3.8, 4) is 0 Å². The third-order valence-corrected chi connectivity index (χ3v) is 3.95. The van der Waals surface area contributed by atoms with Gasteiger partial charge in [-0.25, -0.2) is 9.42 Å². The number of hydrogen-bond donors (Lipinski definition) is 3. The standard InChI is InChI=1S/C14H16N4O4/c19-13(20)8-4-6-9(7-5-8)15-14(21)16-10-2-1-3-11-12(10)18-22-17-11/h1-3,8-9H,4-7H2,(H,19,20)(H2,15,16,21). The summed E-state index contributed by atoms with van der Waals surface area (Å²) in [7, 11) is 0. The van der Waals surface area contributed by atoms with Crippen LogP contribution in [0.4, 0.5) is 10.5 Å². The molecule has 2 amide bonds. The maximum absolute atomic E-state index is 12.0. The molecule has 0 atom stereocenters. The van der Waals surface area contributed by atoms with E-state index < -0.39 is 5.97 Å². The summed E-state index contributed by atoms with van der Waals surface area (Å²) in [6, 6.07) is 4.86. The number of carbonyl (C=O) groups is 2. The minimum atomic E-state index is -0.756. The van der Waals surface area contributed by atoms with E-state index in [9.17, 15) is 9.59 Å². The number of aromatic nitrogens is 2. The molecule has 1 aromatic heterocycles. The molecule has 116 valence electrons. The van der Waals surface area contributed by atoms with Crippen molar-refractivity contribution in [2.75, 3.05) is 5.32 Å². The number of nitrogens with one attached hydrogen (secondary N) is 2. The molecule has 0 radical (unpaired) electrons. The van der Waals surface area contributed by atoms with Crippen LogP contribution in [-0.2, 0) is 4.79 Å². The summed E-state index contributed by atoms with van der Waals surface area (Å²) >= 11 is 0. The third-order valence-electron chi connectivity index (χ3n) is 3.95. The Hall–Kier alpha value is -2.64. The molecule has 1 saturated carbocycles. The number of anilines is 1. The first-order valence-electron chi connectivity index (χ1n) is 7.15. The molecule has 8 heteroatoms. The van der Waals surface area contributed by atoms with Crippen LogP contribution in [0.3, 0.4) is 0 Å². The number of carboxylic acid groups (broad SMARTS) is 1. The van der Waals surface area contributed by atoms with Gasteiger partial charge in [-0.15, -0.1) is 0 Å². The van der Waals surface area contributed by atoms with E-state index in [1.807, 2.05) is 0 Å². The second-order valence-corrected chi connectivity index (χ2v) is 5.42. The van der Waals surface area contributed by atoms with Gasteiger partial charge in [-0.3, -0.25) is 4.79 Å². The lowest BCUT2D eigenvalue weighted by atomic mass is 9.86. The van der Waals surface area contributed by atoms with E-state index in [2.05, 4.69) is 25.6 Å². The fraction of sp³-hybridized carbons (Fsp3) is 0.429. The van der Waals surface area contributed by atoms with Crippen LogP contribution in [0.15, 0.2) is 22.8 Å². The lowest BCUT2D eigenvalue weighted by molar-refractivity contribution is -0.142. The van der Waals surface area contributed by atoms with E-state index >= 15 is 0 Å². The number of hydrogen-bond acceptors (Lipinski definition) is 5. The van der Waals surface area contributed by atoms with Gasteiger partial charge in [-0.1, -0.05) is 6.07 Å². The average molecular weight is 304 g/mol. The van der Waals surface area contributed by atoms with Gasteiger partial charge in [0.25, 0.3) is 0 Å². The number of carboxylic acids is 1. The van der Waals surface area contributed by atoms with E-state index in [0.717, 1.165) is 0 Å². The second-order valence-electron chi connectivity index (χ2n) is 5.42. The molecule has 1 aromatic carbocycles. The molecule has 8 nitrogen and oxygen atoms in total. The first-order chi connectivity index (χ1) is 10.6. The van der Waals surface area contributed by atoms with Crippen molar-refractivity contribution in [2.24, 2.45) is 5.92 Å². The summed E-state index contributed by atoms with van der Waals surface area (Å²) in [5.74, 6) is -1.05. The van der Waals surface area contributed by atoms with Crippen LogP contribution in [-0.4, -0.2) is 33.5 Å². The zero-order valence-corrected chi connectivity index (χ0v) is 11.8. The minimum Gasteiger partial charge on any atom is -0.481 e. The average Bonchev–Trinajstić information content (AvgIpc) is 2.97. The molecule has 3 rings (SSSR count). The summed E-state index contributed by atoms with van der Waals surface area (Å²) in [5.41, 5.74) is 1.59. The van der Waals surface area contributed by atoms with Gasteiger partial charge in [0.2, 0.25) is 0 Å². The molecule has 0 unspecified atom stereocenters. The van der Waals surface area contributed by atoms with Crippen molar-refractivity contribution < 1.29 is 19.3 Å². The van der Waals surface area contributed by atoms with Gasteiger partial charge in [0.1, 0.15) is 5.52 Å². The lowest BCUT2D eigenvalue weighted by Crippen LogP contribution is -2.41. The molecule has 1 fully saturated rings. The first-order valence-corrected chi connectivity index (χ1v) is 7.15. The monoisotopic (exact) mass is 304 g/mol. The van der Waals surface area contributed by atoms with Crippen molar-refractivity contribution in [1.29, 1.82) is 0 Å². The Labute approximate surface area is 125 Å². The molecule has 1 heterocycles. The summed E-state index contributed by atoms with van der Waals surface area (Å²) in [4.78, 5) is 22.9. The van der Waals surface area contributed by atoms with Gasteiger partial charge >= 0.3 is 12.0 Å². The molecule has 22 heavy (non-hydrogen) atoms. The molecule has 2 aromatic rings. The molecule has 3 N–H and O–H groups in total. The number of nitrogens with zero attached hydrogens (tertiary/aromatic N) is 2. The van der Waals surface area contributed by atoms with Crippen molar-refractivity contribution >= 4 is 28.7 Å². The Balaban J connectivity index is 1.57. The zero-order chi connectivity index (χ0) is 15.5. The number of carbonyl (C=O) groups excluding carboxylic acids is 1. The van der Waals surface area contributed by atoms with Crippen LogP contribution in [0, 0.1) is 5.92 Å². The van der Waals surface area contributed by atoms with Crippen LogP contribution in [0.25, 0.3) is 11.0 Å². The number of fused-ring (bicyclic) bond motifs is 1. The molecule has 0 bridgehead atoms. The summed E-state index contributed by atoms with van der Waals surface area (Å²) in [6.45, 7) is 0. The topological polar surface area (TPSA) is 117 Å². The molecule has 0 spiro atoms. The minimum absolute atomic E-state index is 0.00904. The molecule has 0 saturated heterocycles. The molecule has 1 aliphatic rings. The number of benzene rings is 1. The maximum atomic E-state index is 12.0. The Kier molecular flexibility index (Phi) is 3.90. The first kappa shape index (κ1) is 14.3. The maximum Gasteiger partial charge on any atom is 0.319 e. The molecular formula is C14H16N4O4. The van der Waals surface area contributed by atoms with E-state index in [1.165, 1.54) is 0 Å². The number of aliphatic carboxylic acids is 1. The van der Waals surface area contributed by atoms with Crippen LogP contribution in [0.2, 0.25) is 0 Å². The van der Waals surface area contributed by atoms with E-state index in [0.29, 0.717) is 42.4 Å². The Morgan fingerprint density at radius 1 is 1.18 bits per heavy atom. The zero-order valence-electron chi connectivity index (χ0n) is 11.8. The number of rotatable bonds is 3. The van der Waals surface area contributed by atoms with Gasteiger partial charge < -0.3 is 15.7 Å². The fourth-order valence-corrected chi connectivity index (χ4v) is 2.74. The Bertz CT molecular complexity index is 691. The highest BCUT2D eigenvalue weighted by molar-refractivity contribution is 5.98. The van der Waals surface area contributed by atoms with E-state index in [1.54, 1.807) is 18.2 Å².